The van der Waals surface area contributed by atoms with Crippen LogP contribution in [0.1, 0.15) is 26.2 Å². The van der Waals surface area contributed by atoms with Crippen molar-refractivity contribution in [2.75, 3.05) is 39.3 Å². The molecule has 0 aromatic heterocycles. The van der Waals surface area contributed by atoms with E-state index in [0.717, 1.165) is 0 Å². The third-order valence-electron chi connectivity index (χ3n) is 5.94. The maximum atomic E-state index is 13.4. The van der Waals surface area contributed by atoms with Gasteiger partial charge >= 0.3 is 0 Å². The molecule has 1 aromatic rings. The standard InChI is InChI=1S/C20H27F3N2O5/c1-13(26)25-6-3-19(28,4-7-25)10-24-5-2-17(27)20(29,11-24)12-30-14-8-15(21)18(23)16(22)9-14/h8-9,17,27-29H,2-7,10-12H2,1H3/t17-,20-/m0/s1. The van der Waals surface area contributed by atoms with E-state index in [1.165, 1.54) is 6.92 Å². The van der Waals surface area contributed by atoms with Gasteiger partial charge in [0, 0.05) is 51.8 Å². The van der Waals surface area contributed by atoms with E-state index in [0.29, 0.717) is 44.6 Å². The molecule has 2 heterocycles. The van der Waals surface area contributed by atoms with E-state index in [4.69, 9.17) is 4.74 Å². The molecule has 2 aliphatic heterocycles. The summed E-state index contributed by atoms with van der Waals surface area (Å²) in [7, 11) is 0. The molecule has 0 bridgehead atoms. The molecule has 0 aliphatic carbocycles. The van der Waals surface area contributed by atoms with Crippen LogP contribution in [0.15, 0.2) is 12.1 Å². The van der Waals surface area contributed by atoms with Gasteiger partial charge in [0.05, 0.1) is 11.7 Å². The Balaban J connectivity index is 1.61. The number of aliphatic hydroxyl groups is 3. The predicted octanol–water partition coefficient (Wildman–Crippen LogP) is 0.654. The molecule has 2 fully saturated rings. The van der Waals surface area contributed by atoms with Gasteiger partial charge in [0.15, 0.2) is 17.5 Å². The molecule has 2 aliphatic rings. The van der Waals surface area contributed by atoms with Gasteiger partial charge in [-0.2, -0.15) is 0 Å². The second kappa shape index (κ2) is 8.70. The minimum Gasteiger partial charge on any atom is -0.490 e. The van der Waals surface area contributed by atoms with E-state index in [1.54, 1.807) is 9.80 Å². The minimum absolute atomic E-state index is 0.0287. The molecule has 0 radical (unpaired) electrons. The van der Waals surface area contributed by atoms with Gasteiger partial charge in [-0.1, -0.05) is 0 Å². The van der Waals surface area contributed by atoms with Crippen LogP contribution in [-0.4, -0.2) is 87.7 Å². The summed E-state index contributed by atoms with van der Waals surface area (Å²) >= 11 is 0. The number of amides is 1. The summed E-state index contributed by atoms with van der Waals surface area (Å²) in [5.41, 5.74) is -2.77. The molecule has 0 saturated carbocycles. The Morgan fingerprint density at radius 3 is 2.33 bits per heavy atom. The Kier molecular flexibility index (Phi) is 6.61. The summed E-state index contributed by atoms with van der Waals surface area (Å²) in [6.45, 7) is 2.55. The molecule has 3 rings (SSSR count). The molecule has 30 heavy (non-hydrogen) atoms. The number of benzene rings is 1. The fraction of sp³-hybridized carbons (Fsp3) is 0.650. The number of carbonyl (C=O) groups excluding carboxylic acids is 1. The second-order valence-electron chi connectivity index (χ2n) is 8.34. The lowest BCUT2D eigenvalue weighted by molar-refractivity contribution is -0.152. The average Bonchev–Trinajstić information content (AvgIpc) is 2.67. The number of hydrogen-bond acceptors (Lipinski definition) is 6. The van der Waals surface area contributed by atoms with Gasteiger partial charge in [0.1, 0.15) is 18.0 Å². The molecule has 0 unspecified atom stereocenters. The zero-order chi connectivity index (χ0) is 22.1. The number of β-amino-alcohol motifs (C(OH)–C–C–N with tert-alkyl or cyclic N) is 2. The third-order valence-corrected chi connectivity index (χ3v) is 5.94. The van der Waals surface area contributed by atoms with Gasteiger partial charge in [-0.05, 0) is 19.3 Å². The highest BCUT2D eigenvalue weighted by Gasteiger charge is 2.44. The van der Waals surface area contributed by atoms with Crippen LogP contribution in [0.3, 0.4) is 0 Å². The number of hydrogen-bond donors (Lipinski definition) is 3. The average molecular weight is 432 g/mol. The second-order valence-corrected chi connectivity index (χ2v) is 8.34. The third kappa shape index (κ3) is 5.05. The quantitative estimate of drug-likeness (QED) is 0.592. The first-order chi connectivity index (χ1) is 14.0. The predicted molar refractivity (Wildman–Crippen MR) is 100 cm³/mol. The Hall–Kier alpha value is -1.88. The van der Waals surface area contributed by atoms with E-state index < -0.39 is 41.4 Å². The molecule has 0 spiro atoms. The number of aliphatic hydroxyl groups excluding tert-OH is 1. The van der Waals surface area contributed by atoms with Crippen molar-refractivity contribution in [3.8, 4) is 5.75 Å². The summed E-state index contributed by atoms with van der Waals surface area (Å²) in [4.78, 5) is 14.9. The van der Waals surface area contributed by atoms with Gasteiger partial charge in [-0.25, -0.2) is 13.2 Å². The SMILES string of the molecule is CC(=O)N1CCC(O)(CN2CC[C@H](O)[C@@](O)(COc3cc(F)c(F)c(F)c3)C2)CC1. The van der Waals surface area contributed by atoms with Crippen molar-refractivity contribution in [1.29, 1.82) is 0 Å². The zero-order valence-corrected chi connectivity index (χ0v) is 16.8. The number of rotatable bonds is 5. The van der Waals surface area contributed by atoms with Crippen molar-refractivity contribution in [3.63, 3.8) is 0 Å². The maximum Gasteiger partial charge on any atom is 0.219 e. The molecule has 168 valence electrons. The monoisotopic (exact) mass is 432 g/mol. The first-order valence-corrected chi connectivity index (χ1v) is 9.89. The fourth-order valence-electron chi connectivity index (χ4n) is 4.06. The molecule has 7 nitrogen and oxygen atoms in total. The van der Waals surface area contributed by atoms with E-state index in [1.807, 2.05) is 0 Å². The molecule has 2 saturated heterocycles. The molecule has 2 atom stereocenters. The lowest BCUT2D eigenvalue weighted by atomic mass is 9.86. The normalized spacial score (nSPS) is 27.2. The van der Waals surface area contributed by atoms with Gasteiger partial charge in [-0.3, -0.25) is 9.69 Å². The van der Waals surface area contributed by atoms with Gasteiger partial charge in [0.2, 0.25) is 5.91 Å². The van der Waals surface area contributed by atoms with Crippen LogP contribution in [0.5, 0.6) is 5.75 Å². The molecule has 1 amide bonds. The fourth-order valence-corrected chi connectivity index (χ4v) is 4.06. The van der Waals surface area contributed by atoms with Crippen molar-refractivity contribution in [2.45, 2.75) is 43.5 Å². The highest BCUT2D eigenvalue weighted by molar-refractivity contribution is 5.73. The maximum absolute atomic E-state index is 13.4. The minimum atomic E-state index is -1.74. The summed E-state index contributed by atoms with van der Waals surface area (Å²) in [6, 6.07) is 1.33. The van der Waals surface area contributed by atoms with Crippen LogP contribution in [0.25, 0.3) is 0 Å². The van der Waals surface area contributed by atoms with E-state index >= 15 is 0 Å². The first kappa shape index (κ1) is 22.8. The van der Waals surface area contributed by atoms with Crippen molar-refractivity contribution in [2.24, 2.45) is 0 Å². The zero-order valence-electron chi connectivity index (χ0n) is 16.8. The number of ether oxygens (including phenoxy) is 1. The van der Waals surface area contributed by atoms with Crippen LogP contribution in [0.2, 0.25) is 0 Å². The molecular weight excluding hydrogens is 405 g/mol. The van der Waals surface area contributed by atoms with Crippen LogP contribution in [-0.2, 0) is 4.79 Å². The highest BCUT2D eigenvalue weighted by Crippen LogP contribution is 2.29. The van der Waals surface area contributed by atoms with Gasteiger partial charge < -0.3 is 25.0 Å². The summed E-state index contributed by atoms with van der Waals surface area (Å²) in [5, 5.41) is 32.0. The van der Waals surface area contributed by atoms with E-state index in [2.05, 4.69) is 0 Å². The van der Waals surface area contributed by atoms with Crippen molar-refractivity contribution < 1.29 is 38.0 Å². The Morgan fingerprint density at radius 2 is 1.77 bits per heavy atom. The molecule has 10 heteroatoms. The molecule has 1 aromatic carbocycles. The number of piperidine rings is 2. The van der Waals surface area contributed by atoms with Gasteiger partial charge in [0.25, 0.3) is 0 Å². The Labute approximate surface area is 172 Å². The van der Waals surface area contributed by atoms with Crippen molar-refractivity contribution >= 4 is 5.91 Å². The smallest absolute Gasteiger partial charge is 0.219 e. The van der Waals surface area contributed by atoms with Crippen LogP contribution in [0, 0.1) is 17.5 Å². The topological polar surface area (TPSA) is 93.5 Å². The highest BCUT2D eigenvalue weighted by atomic mass is 19.2. The summed E-state index contributed by atoms with van der Waals surface area (Å²) in [5.74, 6) is -4.80. The number of nitrogens with zero attached hydrogens (tertiary/aromatic N) is 2. The Bertz CT molecular complexity index is 765. The van der Waals surface area contributed by atoms with E-state index in [9.17, 15) is 33.3 Å². The van der Waals surface area contributed by atoms with E-state index in [-0.39, 0.29) is 31.2 Å². The lowest BCUT2D eigenvalue weighted by Gasteiger charge is -2.46. The van der Waals surface area contributed by atoms with Gasteiger partial charge in [-0.15, -0.1) is 0 Å². The van der Waals surface area contributed by atoms with Crippen LogP contribution < -0.4 is 4.74 Å². The molecular formula is C20H27F3N2O5. The summed E-state index contributed by atoms with van der Waals surface area (Å²) in [6.07, 6.45) is -0.136. The number of carbonyl (C=O) groups is 1. The largest absolute Gasteiger partial charge is 0.490 e. The summed E-state index contributed by atoms with van der Waals surface area (Å²) < 4.78 is 45.0. The van der Waals surface area contributed by atoms with Crippen LogP contribution in [0.4, 0.5) is 13.2 Å². The first-order valence-electron chi connectivity index (χ1n) is 9.89. The number of likely N-dealkylation sites (tertiary alicyclic amines) is 2. The van der Waals surface area contributed by atoms with Crippen LogP contribution >= 0.6 is 0 Å². The lowest BCUT2D eigenvalue weighted by Crippen LogP contribution is -2.62. The number of halogens is 3. The van der Waals surface area contributed by atoms with Crippen molar-refractivity contribution in [3.05, 3.63) is 29.6 Å². The molecule has 3 N–H and O–H groups in total. The van der Waals surface area contributed by atoms with Crippen molar-refractivity contribution in [1.82, 2.24) is 9.80 Å². The Morgan fingerprint density at radius 1 is 1.17 bits per heavy atom.